The van der Waals surface area contributed by atoms with Crippen molar-refractivity contribution in [1.29, 1.82) is 0 Å². The number of aromatic nitrogens is 2. The van der Waals surface area contributed by atoms with Gasteiger partial charge in [-0.15, -0.1) is 0 Å². The number of anilines is 1. The summed E-state index contributed by atoms with van der Waals surface area (Å²) in [6, 6.07) is 24.3. The molecule has 1 N–H and O–H groups in total. The predicted molar refractivity (Wildman–Crippen MR) is 114 cm³/mol. The van der Waals surface area contributed by atoms with Gasteiger partial charge in [0, 0.05) is 18.0 Å². The minimum atomic E-state index is -0.314. The van der Waals surface area contributed by atoms with E-state index in [1.165, 1.54) is 12.4 Å². The average Bonchev–Trinajstić information content (AvgIpc) is 2.80. The van der Waals surface area contributed by atoms with Gasteiger partial charge in [-0.25, -0.2) is 4.98 Å². The molecular formula is C24H19N3O3. The fraction of sp³-hybridized carbons (Fsp3) is 0.0417. The SMILES string of the molecule is O=C(Nc1cnccn1)c1ccc(Oc2ccccc2)c(OCc2ccccc2)c1. The normalized spacial score (nSPS) is 10.3. The molecule has 4 aromatic rings. The van der Waals surface area contributed by atoms with E-state index in [2.05, 4.69) is 15.3 Å². The van der Waals surface area contributed by atoms with Crippen molar-refractivity contribution in [3.8, 4) is 17.2 Å². The number of rotatable bonds is 7. The summed E-state index contributed by atoms with van der Waals surface area (Å²) >= 11 is 0. The molecule has 0 unspecified atom stereocenters. The zero-order valence-corrected chi connectivity index (χ0v) is 16.1. The molecule has 0 fully saturated rings. The van der Waals surface area contributed by atoms with E-state index in [1.54, 1.807) is 24.4 Å². The Kier molecular flexibility index (Phi) is 5.96. The quantitative estimate of drug-likeness (QED) is 0.470. The molecule has 0 saturated heterocycles. The van der Waals surface area contributed by atoms with Crippen LogP contribution < -0.4 is 14.8 Å². The molecule has 0 aliphatic heterocycles. The summed E-state index contributed by atoms with van der Waals surface area (Å²) in [6.07, 6.45) is 4.54. The van der Waals surface area contributed by atoms with Gasteiger partial charge in [-0.05, 0) is 35.9 Å². The maximum atomic E-state index is 12.6. The van der Waals surface area contributed by atoms with Crippen molar-refractivity contribution in [2.45, 2.75) is 6.61 Å². The van der Waals surface area contributed by atoms with Crippen LogP contribution in [0.1, 0.15) is 15.9 Å². The second-order valence-corrected chi connectivity index (χ2v) is 6.40. The van der Waals surface area contributed by atoms with Crippen LogP contribution in [0.4, 0.5) is 5.82 Å². The molecule has 0 aliphatic rings. The van der Waals surface area contributed by atoms with Crippen molar-refractivity contribution in [2.24, 2.45) is 0 Å². The van der Waals surface area contributed by atoms with E-state index in [0.29, 0.717) is 35.2 Å². The van der Waals surface area contributed by atoms with Crippen molar-refractivity contribution < 1.29 is 14.3 Å². The molecule has 0 radical (unpaired) electrons. The Morgan fingerprint density at radius 3 is 2.37 bits per heavy atom. The zero-order chi connectivity index (χ0) is 20.6. The molecule has 4 rings (SSSR count). The van der Waals surface area contributed by atoms with Crippen molar-refractivity contribution in [3.63, 3.8) is 0 Å². The lowest BCUT2D eigenvalue weighted by Crippen LogP contribution is -2.13. The predicted octanol–water partition coefficient (Wildman–Crippen LogP) is 5.10. The number of hydrogen-bond donors (Lipinski definition) is 1. The summed E-state index contributed by atoms with van der Waals surface area (Å²) in [5.41, 5.74) is 1.43. The first-order valence-corrected chi connectivity index (χ1v) is 9.39. The summed E-state index contributed by atoms with van der Waals surface area (Å²) in [6.45, 7) is 0.348. The Morgan fingerprint density at radius 2 is 1.63 bits per heavy atom. The molecule has 0 saturated carbocycles. The van der Waals surface area contributed by atoms with Crippen LogP contribution in [0.25, 0.3) is 0 Å². The number of hydrogen-bond acceptors (Lipinski definition) is 5. The van der Waals surface area contributed by atoms with E-state index in [9.17, 15) is 4.79 Å². The largest absolute Gasteiger partial charge is 0.485 e. The van der Waals surface area contributed by atoms with Crippen LogP contribution >= 0.6 is 0 Å². The summed E-state index contributed by atoms with van der Waals surface area (Å²) in [5, 5.41) is 2.72. The molecule has 0 bridgehead atoms. The van der Waals surface area contributed by atoms with Gasteiger partial charge in [0.05, 0.1) is 6.20 Å². The molecule has 0 aliphatic carbocycles. The van der Waals surface area contributed by atoms with Crippen LogP contribution in [-0.4, -0.2) is 15.9 Å². The highest BCUT2D eigenvalue weighted by atomic mass is 16.5. The second kappa shape index (κ2) is 9.34. The van der Waals surface area contributed by atoms with E-state index >= 15 is 0 Å². The lowest BCUT2D eigenvalue weighted by Gasteiger charge is -2.14. The average molecular weight is 397 g/mol. The standard InChI is InChI=1S/C24H19N3O3/c28-24(27-23-16-25-13-14-26-23)19-11-12-21(30-20-9-5-2-6-10-20)22(15-19)29-17-18-7-3-1-4-8-18/h1-16H,17H2,(H,26,27,28). The van der Waals surface area contributed by atoms with Crippen LogP contribution in [-0.2, 0) is 6.61 Å². The topological polar surface area (TPSA) is 73.3 Å². The van der Waals surface area contributed by atoms with Crippen molar-refractivity contribution in [3.05, 3.63) is 109 Å². The Hall–Kier alpha value is -4.19. The molecule has 3 aromatic carbocycles. The highest BCUT2D eigenvalue weighted by Gasteiger charge is 2.14. The highest BCUT2D eigenvalue weighted by Crippen LogP contribution is 2.33. The second-order valence-electron chi connectivity index (χ2n) is 6.40. The third-order valence-electron chi connectivity index (χ3n) is 4.22. The number of nitrogens with one attached hydrogen (secondary N) is 1. The highest BCUT2D eigenvalue weighted by molar-refractivity contribution is 6.04. The fourth-order valence-electron chi connectivity index (χ4n) is 2.75. The van der Waals surface area contributed by atoms with Crippen molar-refractivity contribution in [1.82, 2.24) is 9.97 Å². The first-order valence-electron chi connectivity index (χ1n) is 9.39. The maximum Gasteiger partial charge on any atom is 0.256 e. The lowest BCUT2D eigenvalue weighted by molar-refractivity contribution is 0.102. The van der Waals surface area contributed by atoms with Gasteiger partial charge in [0.25, 0.3) is 5.91 Å². The van der Waals surface area contributed by atoms with Gasteiger partial charge < -0.3 is 14.8 Å². The summed E-state index contributed by atoms with van der Waals surface area (Å²) in [5.74, 6) is 1.73. The third-order valence-corrected chi connectivity index (χ3v) is 4.22. The van der Waals surface area contributed by atoms with Gasteiger partial charge >= 0.3 is 0 Å². The van der Waals surface area contributed by atoms with Crippen LogP contribution in [0, 0.1) is 0 Å². The molecule has 1 amide bonds. The number of ether oxygens (including phenoxy) is 2. The first kappa shape index (κ1) is 19.1. The molecule has 6 heteroatoms. The van der Waals surface area contributed by atoms with Crippen LogP contribution in [0.2, 0.25) is 0 Å². The number of para-hydroxylation sites is 1. The van der Waals surface area contributed by atoms with Crippen LogP contribution in [0.15, 0.2) is 97.5 Å². The molecule has 30 heavy (non-hydrogen) atoms. The van der Waals surface area contributed by atoms with E-state index in [-0.39, 0.29) is 5.91 Å². The summed E-state index contributed by atoms with van der Waals surface area (Å²) in [4.78, 5) is 20.7. The van der Waals surface area contributed by atoms with E-state index in [4.69, 9.17) is 9.47 Å². The summed E-state index contributed by atoms with van der Waals surface area (Å²) < 4.78 is 12.0. The van der Waals surface area contributed by atoms with Crippen molar-refractivity contribution >= 4 is 11.7 Å². The zero-order valence-electron chi connectivity index (χ0n) is 16.1. The van der Waals surface area contributed by atoms with Gasteiger partial charge in [0.15, 0.2) is 17.3 Å². The van der Waals surface area contributed by atoms with Gasteiger partial charge in [-0.1, -0.05) is 48.5 Å². The van der Waals surface area contributed by atoms with E-state index < -0.39 is 0 Å². The monoisotopic (exact) mass is 397 g/mol. The number of carbonyl (C=O) groups excluding carboxylic acids is 1. The Bertz CT molecular complexity index is 1100. The maximum absolute atomic E-state index is 12.6. The molecule has 1 heterocycles. The molecule has 148 valence electrons. The third kappa shape index (κ3) is 4.99. The Morgan fingerprint density at radius 1 is 0.867 bits per heavy atom. The Balaban J connectivity index is 1.58. The first-order chi connectivity index (χ1) is 14.8. The minimum absolute atomic E-state index is 0.314. The summed E-state index contributed by atoms with van der Waals surface area (Å²) in [7, 11) is 0. The molecular weight excluding hydrogens is 378 g/mol. The number of nitrogens with zero attached hydrogens (tertiary/aromatic N) is 2. The smallest absolute Gasteiger partial charge is 0.256 e. The van der Waals surface area contributed by atoms with Gasteiger partial charge in [0.2, 0.25) is 0 Å². The van der Waals surface area contributed by atoms with E-state index in [1.807, 2.05) is 60.7 Å². The minimum Gasteiger partial charge on any atom is -0.485 e. The lowest BCUT2D eigenvalue weighted by atomic mass is 10.2. The number of carbonyl (C=O) groups is 1. The Labute approximate surface area is 174 Å². The number of amides is 1. The number of benzene rings is 3. The van der Waals surface area contributed by atoms with Gasteiger partial charge in [-0.2, -0.15) is 0 Å². The van der Waals surface area contributed by atoms with Crippen molar-refractivity contribution in [2.75, 3.05) is 5.32 Å². The van der Waals surface area contributed by atoms with Crippen LogP contribution in [0.3, 0.4) is 0 Å². The van der Waals surface area contributed by atoms with Gasteiger partial charge in [-0.3, -0.25) is 9.78 Å². The molecule has 6 nitrogen and oxygen atoms in total. The van der Waals surface area contributed by atoms with Gasteiger partial charge in [0.1, 0.15) is 12.4 Å². The molecule has 1 aromatic heterocycles. The van der Waals surface area contributed by atoms with E-state index in [0.717, 1.165) is 5.56 Å². The molecule has 0 atom stereocenters. The van der Waals surface area contributed by atoms with Crippen LogP contribution in [0.5, 0.6) is 17.2 Å². The fourth-order valence-corrected chi connectivity index (χ4v) is 2.75. The molecule has 0 spiro atoms.